The van der Waals surface area contributed by atoms with Gasteiger partial charge in [0.2, 0.25) is 0 Å². The van der Waals surface area contributed by atoms with Crippen LogP contribution in [0.5, 0.6) is 0 Å². The average Bonchev–Trinajstić information content (AvgIpc) is 2.08. The maximum Gasteiger partial charge on any atom is 0.173 e. The van der Waals surface area contributed by atoms with Crippen LogP contribution in [-0.2, 0) is 4.74 Å². The fourth-order valence-electron chi connectivity index (χ4n) is 1.12. The van der Waals surface area contributed by atoms with Crippen LogP contribution in [0.2, 0.25) is 0 Å². The highest BCUT2D eigenvalue weighted by atomic mass is 19.0. The first-order valence-corrected chi connectivity index (χ1v) is 3.64. The second-order valence-corrected chi connectivity index (χ2v) is 2.81. The first-order valence-electron chi connectivity index (χ1n) is 3.64. The van der Waals surface area contributed by atoms with Crippen molar-refractivity contribution in [3.05, 3.63) is 0 Å². The van der Waals surface area contributed by atoms with E-state index in [0.717, 1.165) is 0 Å². The van der Waals surface area contributed by atoms with Crippen molar-refractivity contribution in [3.8, 4) is 0 Å². The summed E-state index contributed by atoms with van der Waals surface area (Å²) in [5, 5.41) is 36.1. The molecule has 0 bridgehead atoms. The molecule has 6 nitrogen and oxygen atoms in total. The topological polar surface area (TPSA) is 116 Å². The second kappa shape index (κ2) is 4.80. The van der Waals surface area contributed by atoms with Gasteiger partial charge in [0.1, 0.15) is 18.3 Å². The van der Waals surface area contributed by atoms with Crippen LogP contribution in [0.3, 0.4) is 0 Å². The number of nitrogens with two attached hydrogens (primary N) is 1. The molecule has 1 aliphatic rings. The molecule has 1 unspecified atom stereocenters. The third-order valence-electron chi connectivity index (χ3n) is 1.95. The number of rotatable bonds is 1. The Balaban J connectivity index is 0.00000144. The Kier molecular flexibility index (Phi) is 4.68. The van der Waals surface area contributed by atoms with Gasteiger partial charge in [-0.3, -0.25) is 4.70 Å². The third-order valence-corrected chi connectivity index (χ3v) is 1.95. The SMILES string of the molecule is F.N[C@@H]1C(O)O[C@@H](CO)[C@H](O)[C@H]1O. The van der Waals surface area contributed by atoms with E-state index in [1.807, 2.05) is 0 Å². The summed E-state index contributed by atoms with van der Waals surface area (Å²) in [4.78, 5) is 0. The lowest BCUT2D eigenvalue weighted by Crippen LogP contribution is -2.61. The normalized spacial score (nSPS) is 45.5. The van der Waals surface area contributed by atoms with Crippen molar-refractivity contribution >= 4 is 0 Å². The molecule has 0 aromatic carbocycles. The number of hydrogen-bond donors (Lipinski definition) is 5. The average molecular weight is 199 g/mol. The smallest absolute Gasteiger partial charge is 0.173 e. The van der Waals surface area contributed by atoms with E-state index in [9.17, 15) is 10.2 Å². The Morgan fingerprint density at radius 2 is 1.69 bits per heavy atom. The second-order valence-electron chi connectivity index (χ2n) is 2.81. The van der Waals surface area contributed by atoms with Crippen LogP contribution < -0.4 is 5.73 Å². The summed E-state index contributed by atoms with van der Waals surface area (Å²) in [6.07, 6.45) is -4.85. The largest absolute Gasteiger partial charge is 0.394 e. The Labute approximate surface area is 73.9 Å². The molecule has 1 saturated heterocycles. The van der Waals surface area contributed by atoms with E-state index >= 15 is 0 Å². The highest BCUT2D eigenvalue weighted by molar-refractivity contribution is 4.90. The monoisotopic (exact) mass is 199 g/mol. The molecular weight excluding hydrogens is 185 g/mol. The van der Waals surface area contributed by atoms with Gasteiger partial charge in [-0.2, -0.15) is 0 Å². The maximum atomic E-state index is 9.20. The van der Waals surface area contributed by atoms with E-state index in [1.165, 1.54) is 0 Å². The highest BCUT2D eigenvalue weighted by Crippen LogP contribution is 2.17. The molecule has 0 spiro atoms. The van der Waals surface area contributed by atoms with E-state index in [2.05, 4.69) is 0 Å². The molecule has 5 atom stereocenters. The summed E-state index contributed by atoms with van der Waals surface area (Å²) in [5.74, 6) is 0. The molecule has 1 fully saturated rings. The zero-order valence-electron chi connectivity index (χ0n) is 6.78. The highest BCUT2D eigenvalue weighted by Gasteiger charge is 2.41. The molecule has 0 aromatic rings. The quantitative estimate of drug-likeness (QED) is 0.305. The number of aliphatic hydroxyl groups is 4. The predicted octanol–water partition coefficient (Wildman–Crippen LogP) is -3.10. The van der Waals surface area contributed by atoms with Gasteiger partial charge >= 0.3 is 0 Å². The molecule has 7 heteroatoms. The molecule has 80 valence electrons. The predicted molar refractivity (Wildman–Crippen MR) is 40.5 cm³/mol. The number of hydrogen-bond acceptors (Lipinski definition) is 6. The fourth-order valence-corrected chi connectivity index (χ4v) is 1.12. The van der Waals surface area contributed by atoms with Crippen LogP contribution in [0.4, 0.5) is 4.70 Å². The van der Waals surface area contributed by atoms with Crippen molar-refractivity contribution in [2.75, 3.05) is 6.61 Å². The Hall–Kier alpha value is -0.310. The lowest BCUT2D eigenvalue weighted by molar-refractivity contribution is -0.248. The van der Waals surface area contributed by atoms with Crippen LogP contribution >= 0.6 is 0 Å². The number of ether oxygens (including phenoxy) is 1. The maximum absolute atomic E-state index is 9.20. The molecule has 6 N–H and O–H groups in total. The van der Waals surface area contributed by atoms with Crippen molar-refractivity contribution in [1.82, 2.24) is 0 Å². The summed E-state index contributed by atoms with van der Waals surface area (Å²) >= 11 is 0. The minimum absolute atomic E-state index is 0. The number of halogens is 1. The molecule has 13 heavy (non-hydrogen) atoms. The van der Waals surface area contributed by atoms with Gasteiger partial charge in [-0.15, -0.1) is 0 Å². The third kappa shape index (κ3) is 2.33. The zero-order valence-corrected chi connectivity index (χ0v) is 6.78. The van der Waals surface area contributed by atoms with E-state index in [4.69, 9.17) is 20.7 Å². The van der Waals surface area contributed by atoms with Gasteiger partial charge in [0.05, 0.1) is 12.6 Å². The van der Waals surface area contributed by atoms with Gasteiger partial charge in [-0.05, 0) is 0 Å². The van der Waals surface area contributed by atoms with Gasteiger partial charge in [-0.25, -0.2) is 0 Å². The van der Waals surface area contributed by atoms with Crippen LogP contribution in [0.15, 0.2) is 0 Å². The molecule has 0 aliphatic carbocycles. The summed E-state index contributed by atoms with van der Waals surface area (Å²) < 4.78 is 4.70. The van der Waals surface area contributed by atoms with E-state index in [1.54, 1.807) is 0 Å². The summed E-state index contributed by atoms with van der Waals surface area (Å²) in [6, 6.07) is -1.04. The van der Waals surface area contributed by atoms with Crippen molar-refractivity contribution in [2.45, 2.75) is 30.6 Å². The minimum atomic E-state index is -1.35. The number of aliphatic hydroxyl groups excluding tert-OH is 4. The fraction of sp³-hybridized carbons (Fsp3) is 1.00. The Morgan fingerprint density at radius 3 is 2.15 bits per heavy atom. The van der Waals surface area contributed by atoms with Gasteiger partial charge in [0.25, 0.3) is 0 Å². The standard InChI is InChI=1S/C6H13NO5.FH/c7-3-5(10)4(9)2(1-8)12-6(3)11;/h2-6,8-11H,1,7H2;1H/t2-,3-,4-,5-,6?;/m0./s1. The van der Waals surface area contributed by atoms with Gasteiger partial charge in [0, 0.05) is 0 Å². The lowest BCUT2D eigenvalue weighted by atomic mass is 9.98. The first-order chi connectivity index (χ1) is 5.57. The van der Waals surface area contributed by atoms with Gasteiger partial charge < -0.3 is 30.9 Å². The molecule has 1 aliphatic heterocycles. The van der Waals surface area contributed by atoms with E-state index in [0.29, 0.717) is 0 Å². The summed E-state index contributed by atoms with van der Waals surface area (Å²) in [6.45, 7) is -0.470. The Bertz CT molecular complexity index is 155. The van der Waals surface area contributed by atoms with E-state index < -0.39 is 37.3 Å². The van der Waals surface area contributed by atoms with Crippen LogP contribution in [0.1, 0.15) is 0 Å². The van der Waals surface area contributed by atoms with Gasteiger partial charge in [-0.1, -0.05) is 0 Å². The summed E-state index contributed by atoms with van der Waals surface area (Å²) in [7, 11) is 0. The summed E-state index contributed by atoms with van der Waals surface area (Å²) in [5.41, 5.74) is 5.26. The van der Waals surface area contributed by atoms with Gasteiger partial charge in [0.15, 0.2) is 6.29 Å². The molecule has 1 heterocycles. The molecule has 0 saturated carbocycles. The van der Waals surface area contributed by atoms with E-state index in [-0.39, 0.29) is 4.70 Å². The first kappa shape index (κ1) is 12.7. The van der Waals surface area contributed by atoms with Crippen LogP contribution in [0, 0.1) is 0 Å². The zero-order chi connectivity index (χ0) is 9.30. The van der Waals surface area contributed by atoms with Crippen LogP contribution in [0.25, 0.3) is 0 Å². The van der Waals surface area contributed by atoms with Crippen LogP contribution in [-0.4, -0.2) is 57.7 Å². The Morgan fingerprint density at radius 1 is 1.15 bits per heavy atom. The van der Waals surface area contributed by atoms with Crippen molar-refractivity contribution < 1.29 is 29.9 Å². The lowest BCUT2D eigenvalue weighted by Gasteiger charge is -2.38. The molecule has 1 rings (SSSR count). The molecule has 0 amide bonds. The molecule has 0 aromatic heterocycles. The minimum Gasteiger partial charge on any atom is -0.394 e. The van der Waals surface area contributed by atoms with Crippen molar-refractivity contribution in [1.29, 1.82) is 0 Å². The molecular formula is C6H14FNO5. The van der Waals surface area contributed by atoms with Crippen molar-refractivity contribution in [3.63, 3.8) is 0 Å². The van der Waals surface area contributed by atoms with Crippen molar-refractivity contribution in [2.24, 2.45) is 5.73 Å². The molecule has 0 radical (unpaired) electrons.